The van der Waals surface area contributed by atoms with E-state index in [1.54, 1.807) is 24.3 Å². The Hall–Kier alpha value is -3.15. The number of benzene rings is 2. The van der Waals surface area contributed by atoms with Gasteiger partial charge in [0, 0.05) is 30.6 Å². The molecule has 1 aliphatic rings. The number of hydrogen-bond acceptors (Lipinski definition) is 3. The Kier molecular flexibility index (Phi) is 13.0. The molecule has 6 nitrogen and oxygen atoms in total. The molecule has 2 aromatic rings. The Balaban J connectivity index is 1.33. The first-order valence-electron chi connectivity index (χ1n) is 15.0. The minimum absolute atomic E-state index is 0.0178. The van der Waals surface area contributed by atoms with Crippen LogP contribution in [-0.2, 0) is 22.6 Å². The van der Waals surface area contributed by atoms with Gasteiger partial charge in [-0.1, -0.05) is 108 Å². The summed E-state index contributed by atoms with van der Waals surface area (Å²) in [5, 5.41) is 12.6. The molecule has 0 fully saturated rings. The number of nitrogens with one attached hydrogen (secondary N) is 1. The van der Waals surface area contributed by atoms with Gasteiger partial charge >= 0.3 is 5.97 Å². The number of carboxylic acids is 1. The lowest BCUT2D eigenvalue weighted by Crippen LogP contribution is -2.48. The van der Waals surface area contributed by atoms with E-state index < -0.39 is 12.0 Å². The zero-order valence-corrected chi connectivity index (χ0v) is 23.6. The molecule has 212 valence electrons. The van der Waals surface area contributed by atoms with Crippen LogP contribution in [-0.4, -0.2) is 33.8 Å². The van der Waals surface area contributed by atoms with Crippen LogP contribution in [0.25, 0.3) is 0 Å². The molecule has 0 saturated carbocycles. The Bertz CT molecular complexity index is 1050. The van der Waals surface area contributed by atoms with Crippen molar-refractivity contribution in [1.82, 2.24) is 4.90 Å². The van der Waals surface area contributed by atoms with E-state index in [1.165, 1.54) is 75.5 Å². The third-order valence-electron chi connectivity index (χ3n) is 7.72. The maximum atomic E-state index is 13.2. The molecular weight excluding hydrogens is 488 g/mol. The Morgan fingerprint density at radius 3 is 1.87 bits per heavy atom. The van der Waals surface area contributed by atoms with Gasteiger partial charge in [-0.05, 0) is 41.8 Å². The molecule has 0 aromatic heterocycles. The first-order valence-corrected chi connectivity index (χ1v) is 15.0. The van der Waals surface area contributed by atoms with E-state index in [4.69, 9.17) is 0 Å². The topological polar surface area (TPSA) is 86.7 Å². The number of unbranched alkanes of at least 4 members (excludes halogenated alkanes) is 12. The summed E-state index contributed by atoms with van der Waals surface area (Å²) in [6.45, 7) is 2.52. The normalized spacial score (nSPS) is 14.6. The van der Waals surface area contributed by atoms with Crippen LogP contribution in [0.4, 0.5) is 5.69 Å². The molecule has 0 saturated heterocycles. The Labute approximate surface area is 234 Å². The molecule has 2 amide bonds. The first-order chi connectivity index (χ1) is 19.0. The van der Waals surface area contributed by atoms with E-state index in [0.717, 1.165) is 24.0 Å². The van der Waals surface area contributed by atoms with Gasteiger partial charge in [-0.2, -0.15) is 0 Å². The van der Waals surface area contributed by atoms with E-state index in [1.807, 2.05) is 24.3 Å². The zero-order chi connectivity index (χ0) is 27.9. The summed E-state index contributed by atoms with van der Waals surface area (Å²) in [5.41, 5.74) is 3.00. The first kappa shape index (κ1) is 30.4. The van der Waals surface area contributed by atoms with Gasteiger partial charge in [0.2, 0.25) is 5.91 Å². The van der Waals surface area contributed by atoms with Crippen LogP contribution in [0.2, 0.25) is 0 Å². The highest BCUT2D eigenvalue weighted by Crippen LogP contribution is 2.26. The smallest absolute Gasteiger partial charge is 0.326 e. The Morgan fingerprint density at radius 1 is 0.769 bits per heavy atom. The van der Waals surface area contributed by atoms with Gasteiger partial charge < -0.3 is 15.3 Å². The fourth-order valence-electron chi connectivity index (χ4n) is 5.35. The third kappa shape index (κ3) is 10.2. The molecule has 0 spiro atoms. The second-order valence-electron chi connectivity index (χ2n) is 10.9. The van der Waals surface area contributed by atoms with E-state index >= 15 is 0 Å². The number of aliphatic carboxylic acids is 1. The molecule has 1 aliphatic heterocycles. The van der Waals surface area contributed by atoms with Gasteiger partial charge in [0.25, 0.3) is 5.91 Å². The van der Waals surface area contributed by atoms with Gasteiger partial charge in [0.15, 0.2) is 0 Å². The quantitative estimate of drug-likeness (QED) is 0.203. The number of nitrogens with zero attached hydrogens (tertiary/aromatic N) is 1. The van der Waals surface area contributed by atoms with Crippen molar-refractivity contribution < 1.29 is 19.5 Å². The van der Waals surface area contributed by atoms with Gasteiger partial charge in [0.1, 0.15) is 6.04 Å². The molecular formula is C33H46N2O4. The largest absolute Gasteiger partial charge is 0.480 e. The predicted molar refractivity (Wildman–Crippen MR) is 157 cm³/mol. The lowest BCUT2D eigenvalue weighted by Gasteiger charge is -2.34. The molecule has 1 unspecified atom stereocenters. The number of carbonyl (C=O) groups excluding carboxylic acids is 2. The van der Waals surface area contributed by atoms with Crippen LogP contribution in [0.1, 0.15) is 118 Å². The van der Waals surface area contributed by atoms with Crippen LogP contribution >= 0.6 is 0 Å². The van der Waals surface area contributed by atoms with Gasteiger partial charge in [-0.15, -0.1) is 0 Å². The lowest BCUT2D eigenvalue weighted by atomic mass is 9.93. The number of fused-ring (bicyclic) bond motifs is 1. The minimum atomic E-state index is -1.00. The van der Waals surface area contributed by atoms with Crippen molar-refractivity contribution in [2.75, 3.05) is 5.32 Å². The molecule has 1 heterocycles. The van der Waals surface area contributed by atoms with E-state index in [0.29, 0.717) is 24.1 Å². The number of anilines is 1. The molecule has 6 heteroatoms. The molecule has 0 radical (unpaired) electrons. The van der Waals surface area contributed by atoms with Crippen molar-refractivity contribution >= 4 is 23.5 Å². The number of rotatable bonds is 17. The molecule has 0 aliphatic carbocycles. The lowest BCUT2D eigenvalue weighted by molar-refractivity contribution is -0.142. The van der Waals surface area contributed by atoms with Gasteiger partial charge in [-0.25, -0.2) is 4.79 Å². The standard InChI is InChI=1S/C33H46N2O4/c1-2-3-4-5-6-7-8-9-10-11-12-13-14-19-31(36)34-29-22-20-26(21-23-29)32(37)35-25-28-18-16-15-17-27(28)24-30(35)33(38)39/h15-18,20-23,30H,2-14,19,24-25H2,1H3,(H,34,36)(H,38,39). The van der Waals surface area contributed by atoms with Crippen molar-refractivity contribution in [3.63, 3.8) is 0 Å². The minimum Gasteiger partial charge on any atom is -0.480 e. The average molecular weight is 535 g/mol. The number of carboxylic acid groups (broad SMARTS) is 1. The van der Waals surface area contributed by atoms with E-state index in [2.05, 4.69) is 12.2 Å². The van der Waals surface area contributed by atoms with Crippen LogP contribution in [0, 0.1) is 0 Å². The summed E-state index contributed by atoms with van der Waals surface area (Å²) < 4.78 is 0. The molecule has 2 aromatic carbocycles. The van der Waals surface area contributed by atoms with Crippen LogP contribution in [0.15, 0.2) is 48.5 Å². The van der Waals surface area contributed by atoms with E-state index in [-0.39, 0.29) is 18.4 Å². The van der Waals surface area contributed by atoms with Gasteiger partial charge in [-0.3, -0.25) is 9.59 Å². The number of carbonyl (C=O) groups is 3. The number of amides is 2. The molecule has 3 rings (SSSR count). The fourth-order valence-corrected chi connectivity index (χ4v) is 5.35. The van der Waals surface area contributed by atoms with Crippen molar-refractivity contribution in [2.45, 2.75) is 116 Å². The number of hydrogen-bond donors (Lipinski definition) is 2. The molecule has 39 heavy (non-hydrogen) atoms. The summed E-state index contributed by atoms with van der Waals surface area (Å²) in [6, 6.07) is 13.5. The second kappa shape index (κ2) is 16.7. The summed E-state index contributed by atoms with van der Waals surface area (Å²) in [4.78, 5) is 38.8. The highest BCUT2D eigenvalue weighted by Gasteiger charge is 2.34. The van der Waals surface area contributed by atoms with Crippen molar-refractivity contribution in [3.8, 4) is 0 Å². The second-order valence-corrected chi connectivity index (χ2v) is 10.9. The average Bonchev–Trinajstić information content (AvgIpc) is 2.94. The van der Waals surface area contributed by atoms with E-state index in [9.17, 15) is 19.5 Å². The van der Waals surface area contributed by atoms with Crippen molar-refractivity contribution in [1.29, 1.82) is 0 Å². The zero-order valence-electron chi connectivity index (χ0n) is 23.6. The summed E-state index contributed by atoms with van der Waals surface area (Å²) in [7, 11) is 0. The maximum absolute atomic E-state index is 13.2. The summed E-state index contributed by atoms with van der Waals surface area (Å²) in [6.07, 6.45) is 17.4. The SMILES string of the molecule is CCCCCCCCCCCCCCCC(=O)Nc1ccc(C(=O)N2Cc3ccccc3CC2C(=O)O)cc1. The van der Waals surface area contributed by atoms with Crippen LogP contribution < -0.4 is 5.32 Å². The maximum Gasteiger partial charge on any atom is 0.326 e. The highest BCUT2D eigenvalue weighted by molar-refractivity contribution is 5.98. The van der Waals surface area contributed by atoms with Crippen molar-refractivity contribution in [3.05, 3.63) is 65.2 Å². The van der Waals surface area contributed by atoms with Gasteiger partial charge in [0.05, 0.1) is 0 Å². The summed E-state index contributed by atoms with van der Waals surface area (Å²) >= 11 is 0. The van der Waals surface area contributed by atoms with Crippen LogP contribution in [0.5, 0.6) is 0 Å². The molecule has 1 atom stereocenters. The van der Waals surface area contributed by atoms with Crippen LogP contribution in [0.3, 0.4) is 0 Å². The summed E-state index contributed by atoms with van der Waals surface area (Å²) in [5.74, 6) is -1.34. The third-order valence-corrected chi connectivity index (χ3v) is 7.72. The predicted octanol–water partition coefficient (Wildman–Crippen LogP) is 7.76. The molecule has 0 bridgehead atoms. The Morgan fingerprint density at radius 2 is 1.31 bits per heavy atom. The fraction of sp³-hybridized carbons (Fsp3) is 0.545. The highest BCUT2D eigenvalue weighted by atomic mass is 16.4. The monoisotopic (exact) mass is 534 g/mol. The molecule has 2 N–H and O–H groups in total. The van der Waals surface area contributed by atoms with Crippen molar-refractivity contribution in [2.24, 2.45) is 0 Å².